The Bertz CT molecular complexity index is 266. The quantitative estimate of drug-likeness (QED) is 0.542. The molecule has 0 bridgehead atoms. The second kappa shape index (κ2) is 12.6. The van der Waals surface area contributed by atoms with Gasteiger partial charge in [0.05, 0.1) is 12.7 Å². The molecule has 1 atom stereocenters. The van der Waals surface area contributed by atoms with E-state index in [4.69, 9.17) is 4.74 Å². The molecule has 1 saturated heterocycles. The lowest BCUT2D eigenvalue weighted by Crippen LogP contribution is -2.41. The van der Waals surface area contributed by atoms with Crippen LogP contribution in [0.3, 0.4) is 0 Å². The van der Waals surface area contributed by atoms with Gasteiger partial charge in [0.15, 0.2) is 0 Å². The molecule has 1 aliphatic heterocycles. The van der Waals surface area contributed by atoms with E-state index in [1.54, 1.807) is 0 Å². The highest BCUT2D eigenvalue weighted by atomic mass is 32.2. The van der Waals surface area contributed by atoms with Gasteiger partial charge in [-0.15, -0.1) is 0 Å². The average Bonchev–Trinajstić information content (AvgIpc) is 2.49. The standard InChI is InChI=1S/C16H33NO3S/c1-2-3-4-5-6-7-10-20-14-16(18)13-17-15-8-11-21(19)12-9-15/h15-18H,2-14H2,1H3. The monoisotopic (exact) mass is 319 g/mol. The molecule has 1 heterocycles. The molecule has 0 aromatic carbocycles. The Labute approximate surface area is 132 Å². The number of rotatable bonds is 12. The first-order valence-electron chi connectivity index (χ1n) is 8.56. The van der Waals surface area contributed by atoms with E-state index in [1.807, 2.05) is 0 Å². The van der Waals surface area contributed by atoms with Crippen molar-refractivity contribution in [2.75, 3.05) is 31.3 Å². The Balaban J connectivity index is 1.87. The second-order valence-corrected chi connectivity index (χ2v) is 7.72. The van der Waals surface area contributed by atoms with E-state index in [2.05, 4.69) is 12.2 Å². The molecule has 2 N–H and O–H groups in total. The van der Waals surface area contributed by atoms with Gasteiger partial charge in [-0.1, -0.05) is 39.0 Å². The van der Waals surface area contributed by atoms with E-state index in [1.165, 1.54) is 32.1 Å². The summed E-state index contributed by atoms with van der Waals surface area (Å²) in [5.41, 5.74) is 0. The van der Waals surface area contributed by atoms with Crippen molar-refractivity contribution < 1.29 is 14.1 Å². The minimum absolute atomic E-state index is 0.413. The van der Waals surface area contributed by atoms with Crippen LogP contribution in [-0.4, -0.2) is 52.7 Å². The summed E-state index contributed by atoms with van der Waals surface area (Å²) in [6.45, 7) is 3.98. The number of aliphatic hydroxyl groups is 1. The summed E-state index contributed by atoms with van der Waals surface area (Å²) < 4.78 is 16.8. The Morgan fingerprint density at radius 2 is 1.86 bits per heavy atom. The van der Waals surface area contributed by atoms with E-state index < -0.39 is 16.9 Å². The van der Waals surface area contributed by atoms with Gasteiger partial charge in [-0.2, -0.15) is 0 Å². The van der Waals surface area contributed by atoms with Gasteiger partial charge >= 0.3 is 0 Å². The molecule has 1 unspecified atom stereocenters. The number of aliphatic hydroxyl groups excluding tert-OH is 1. The van der Waals surface area contributed by atoms with Crippen molar-refractivity contribution in [2.45, 2.75) is 70.4 Å². The van der Waals surface area contributed by atoms with Crippen LogP contribution in [-0.2, 0) is 15.5 Å². The van der Waals surface area contributed by atoms with Crippen molar-refractivity contribution in [3.63, 3.8) is 0 Å². The van der Waals surface area contributed by atoms with Crippen molar-refractivity contribution in [2.24, 2.45) is 0 Å². The molecular formula is C16H33NO3S. The van der Waals surface area contributed by atoms with Gasteiger partial charge in [-0.05, 0) is 19.3 Å². The lowest BCUT2D eigenvalue weighted by molar-refractivity contribution is 0.0339. The van der Waals surface area contributed by atoms with E-state index in [0.717, 1.165) is 37.4 Å². The molecule has 1 aliphatic rings. The second-order valence-electron chi connectivity index (χ2n) is 6.03. The van der Waals surface area contributed by atoms with E-state index in [-0.39, 0.29) is 0 Å². The molecule has 0 amide bonds. The molecular weight excluding hydrogens is 286 g/mol. The highest BCUT2D eigenvalue weighted by Gasteiger charge is 2.18. The minimum atomic E-state index is -0.613. The lowest BCUT2D eigenvalue weighted by atomic mass is 10.1. The predicted octanol–water partition coefficient (Wildman–Crippen LogP) is 2.23. The first-order chi connectivity index (χ1) is 10.2. The molecule has 1 rings (SSSR count). The van der Waals surface area contributed by atoms with Crippen molar-refractivity contribution >= 4 is 10.8 Å². The number of nitrogens with one attached hydrogen (secondary N) is 1. The molecule has 0 radical (unpaired) electrons. The molecule has 126 valence electrons. The summed E-state index contributed by atoms with van der Waals surface area (Å²) in [7, 11) is -0.613. The third-order valence-corrected chi connectivity index (χ3v) is 5.36. The van der Waals surface area contributed by atoms with Gasteiger partial charge in [-0.25, -0.2) is 0 Å². The topological polar surface area (TPSA) is 58.6 Å². The van der Waals surface area contributed by atoms with E-state index in [9.17, 15) is 9.32 Å². The van der Waals surface area contributed by atoms with Crippen molar-refractivity contribution in [3.8, 4) is 0 Å². The van der Waals surface area contributed by atoms with Crippen LogP contribution in [0, 0.1) is 0 Å². The maximum absolute atomic E-state index is 11.2. The van der Waals surface area contributed by atoms with Crippen LogP contribution in [0.4, 0.5) is 0 Å². The summed E-state index contributed by atoms with van der Waals surface area (Å²) in [5.74, 6) is 1.59. The molecule has 0 saturated carbocycles. The zero-order valence-electron chi connectivity index (χ0n) is 13.5. The number of ether oxygens (including phenoxy) is 1. The molecule has 4 nitrogen and oxygen atoms in total. The third kappa shape index (κ3) is 10.4. The van der Waals surface area contributed by atoms with Gasteiger partial charge in [0.25, 0.3) is 0 Å². The van der Waals surface area contributed by atoms with Crippen LogP contribution < -0.4 is 5.32 Å². The van der Waals surface area contributed by atoms with Crippen LogP contribution >= 0.6 is 0 Å². The highest BCUT2D eigenvalue weighted by molar-refractivity contribution is 7.85. The molecule has 0 aliphatic carbocycles. The van der Waals surface area contributed by atoms with Crippen LogP contribution in [0.25, 0.3) is 0 Å². The smallest absolute Gasteiger partial charge is 0.0897 e. The highest BCUT2D eigenvalue weighted by Crippen LogP contribution is 2.09. The van der Waals surface area contributed by atoms with Gasteiger partial charge in [0.2, 0.25) is 0 Å². The van der Waals surface area contributed by atoms with Crippen LogP contribution in [0.2, 0.25) is 0 Å². The van der Waals surface area contributed by atoms with Crippen molar-refractivity contribution in [1.29, 1.82) is 0 Å². The summed E-state index contributed by atoms with van der Waals surface area (Å²) in [6, 6.07) is 0.413. The van der Waals surface area contributed by atoms with E-state index in [0.29, 0.717) is 19.2 Å². The first-order valence-corrected chi connectivity index (χ1v) is 10.0. The zero-order chi connectivity index (χ0) is 15.3. The Morgan fingerprint density at radius 3 is 2.57 bits per heavy atom. The maximum Gasteiger partial charge on any atom is 0.0897 e. The Hall–Kier alpha value is 0.0300. The Morgan fingerprint density at radius 1 is 1.19 bits per heavy atom. The lowest BCUT2D eigenvalue weighted by Gasteiger charge is -2.24. The number of hydrogen-bond acceptors (Lipinski definition) is 4. The molecule has 5 heteroatoms. The third-order valence-electron chi connectivity index (χ3n) is 3.98. The summed E-state index contributed by atoms with van der Waals surface area (Å²) in [6.07, 6.45) is 9.05. The SMILES string of the molecule is CCCCCCCCOCC(O)CNC1CCS(=O)CC1. The van der Waals surface area contributed by atoms with Crippen LogP contribution in [0.1, 0.15) is 58.3 Å². The summed E-state index contributed by atoms with van der Waals surface area (Å²) in [4.78, 5) is 0. The molecule has 21 heavy (non-hydrogen) atoms. The zero-order valence-corrected chi connectivity index (χ0v) is 14.3. The van der Waals surface area contributed by atoms with Crippen molar-refractivity contribution in [1.82, 2.24) is 5.32 Å². The molecule has 0 aromatic rings. The Kier molecular flexibility index (Phi) is 11.4. The molecule has 0 aromatic heterocycles. The summed E-state index contributed by atoms with van der Waals surface area (Å²) in [5, 5.41) is 13.2. The summed E-state index contributed by atoms with van der Waals surface area (Å²) >= 11 is 0. The van der Waals surface area contributed by atoms with Gasteiger partial charge in [-0.3, -0.25) is 4.21 Å². The van der Waals surface area contributed by atoms with Crippen LogP contribution in [0.5, 0.6) is 0 Å². The van der Waals surface area contributed by atoms with Crippen molar-refractivity contribution in [3.05, 3.63) is 0 Å². The van der Waals surface area contributed by atoms with Gasteiger partial charge < -0.3 is 15.2 Å². The fourth-order valence-electron chi connectivity index (χ4n) is 2.56. The number of hydrogen-bond donors (Lipinski definition) is 2. The maximum atomic E-state index is 11.2. The largest absolute Gasteiger partial charge is 0.389 e. The first kappa shape index (κ1) is 19.1. The minimum Gasteiger partial charge on any atom is -0.389 e. The van der Waals surface area contributed by atoms with Gasteiger partial charge in [0, 0.05) is 41.5 Å². The predicted molar refractivity (Wildman–Crippen MR) is 89.1 cm³/mol. The average molecular weight is 320 g/mol. The van der Waals surface area contributed by atoms with E-state index >= 15 is 0 Å². The van der Waals surface area contributed by atoms with Gasteiger partial charge in [0.1, 0.15) is 0 Å². The normalized spacial score (nSPS) is 24.1. The molecule has 0 spiro atoms. The molecule has 1 fully saturated rings. The number of unbranched alkanes of at least 4 members (excludes halogenated alkanes) is 5. The fraction of sp³-hybridized carbons (Fsp3) is 1.00. The van der Waals surface area contributed by atoms with Crippen LogP contribution in [0.15, 0.2) is 0 Å². The fourth-order valence-corrected chi connectivity index (χ4v) is 3.86.